The van der Waals surface area contributed by atoms with Crippen molar-refractivity contribution in [2.45, 2.75) is 26.0 Å². The molecule has 6 heteroatoms. The number of carbonyl (C=O) groups is 2. The Morgan fingerprint density at radius 3 is 2.21 bits per heavy atom. The van der Waals surface area contributed by atoms with Crippen LogP contribution in [0.1, 0.15) is 35.8 Å². The standard InChI is InChI=1S/C23H22FNO4/c1-14(16-8-10-19(24)11-9-16)25-22(26)15(2)29-23(27)20-12-17-6-4-5-7-18(17)13-21(20)28-3/h4-15H,1-3H3,(H,25,26)/t14-,15-/m0/s1. The predicted molar refractivity (Wildman–Crippen MR) is 108 cm³/mol. The number of ether oxygens (including phenoxy) is 2. The zero-order chi connectivity index (χ0) is 21.0. The van der Waals surface area contributed by atoms with E-state index >= 15 is 0 Å². The normalized spacial score (nSPS) is 12.8. The Bertz CT molecular complexity index is 1030. The number of methoxy groups -OCH3 is 1. The minimum Gasteiger partial charge on any atom is -0.496 e. The number of carbonyl (C=O) groups excluding carboxylic acids is 2. The summed E-state index contributed by atoms with van der Waals surface area (Å²) in [4.78, 5) is 25.1. The van der Waals surface area contributed by atoms with Crippen LogP contribution in [0.2, 0.25) is 0 Å². The number of amides is 1. The third-order valence-electron chi connectivity index (χ3n) is 4.67. The fourth-order valence-electron chi connectivity index (χ4n) is 2.99. The van der Waals surface area contributed by atoms with Crippen molar-refractivity contribution in [3.8, 4) is 5.75 Å². The molecule has 3 rings (SSSR count). The highest BCUT2D eigenvalue weighted by atomic mass is 19.1. The van der Waals surface area contributed by atoms with Crippen molar-refractivity contribution >= 4 is 22.6 Å². The Balaban J connectivity index is 1.70. The van der Waals surface area contributed by atoms with Crippen LogP contribution in [0, 0.1) is 5.82 Å². The van der Waals surface area contributed by atoms with E-state index in [0.717, 1.165) is 16.3 Å². The second-order valence-electron chi connectivity index (χ2n) is 6.73. The summed E-state index contributed by atoms with van der Waals surface area (Å²) in [5.74, 6) is -1.07. The molecule has 0 aliphatic carbocycles. The van der Waals surface area contributed by atoms with Gasteiger partial charge in [-0.15, -0.1) is 0 Å². The minimum absolute atomic E-state index is 0.248. The molecule has 0 aliphatic heterocycles. The summed E-state index contributed by atoms with van der Waals surface area (Å²) in [7, 11) is 1.47. The SMILES string of the molecule is COc1cc2ccccc2cc1C(=O)O[C@@H](C)C(=O)N[C@@H](C)c1ccc(F)cc1. The molecule has 0 spiro atoms. The van der Waals surface area contributed by atoms with Gasteiger partial charge in [-0.1, -0.05) is 36.4 Å². The molecule has 1 N–H and O–H groups in total. The van der Waals surface area contributed by atoms with E-state index in [1.165, 1.54) is 26.2 Å². The Morgan fingerprint density at radius 1 is 0.966 bits per heavy atom. The van der Waals surface area contributed by atoms with E-state index in [1.54, 1.807) is 31.2 Å². The topological polar surface area (TPSA) is 64.6 Å². The second kappa shape index (κ2) is 8.73. The van der Waals surface area contributed by atoms with Gasteiger partial charge in [0.2, 0.25) is 0 Å². The minimum atomic E-state index is -1.01. The molecule has 0 radical (unpaired) electrons. The van der Waals surface area contributed by atoms with Gasteiger partial charge in [-0.3, -0.25) is 4.79 Å². The third-order valence-corrected chi connectivity index (χ3v) is 4.67. The first-order chi connectivity index (χ1) is 13.9. The average molecular weight is 395 g/mol. The van der Waals surface area contributed by atoms with E-state index in [2.05, 4.69) is 5.32 Å². The number of benzene rings is 3. The van der Waals surface area contributed by atoms with Crippen LogP contribution in [0.3, 0.4) is 0 Å². The lowest BCUT2D eigenvalue weighted by atomic mass is 10.1. The third kappa shape index (κ3) is 4.71. The number of esters is 1. The maximum atomic E-state index is 13.0. The van der Waals surface area contributed by atoms with Crippen LogP contribution in [0.4, 0.5) is 4.39 Å². The smallest absolute Gasteiger partial charge is 0.342 e. The van der Waals surface area contributed by atoms with E-state index in [9.17, 15) is 14.0 Å². The number of nitrogens with one attached hydrogen (secondary N) is 1. The molecular weight excluding hydrogens is 373 g/mol. The summed E-state index contributed by atoms with van der Waals surface area (Å²) >= 11 is 0. The first-order valence-electron chi connectivity index (χ1n) is 9.22. The van der Waals surface area contributed by atoms with Gasteiger partial charge >= 0.3 is 5.97 Å². The Morgan fingerprint density at radius 2 is 1.59 bits per heavy atom. The van der Waals surface area contributed by atoms with Gasteiger partial charge in [0, 0.05) is 0 Å². The Hall–Kier alpha value is -3.41. The van der Waals surface area contributed by atoms with Gasteiger partial charge in [-0.2, -0.15) is 0 Å². The molecule has 0 fully saturated rings. The zero-order valence-electron chi connectivity index (χ0n) is 16.4. The summed E-state index contributed by atoms with van der Waals surface area (Å²) < 4.78 is 23.7. The molecule has 150 valence electrons. The monoisotopic (exact) mass is 395 g/mol. The highest BCUT2D eigenvalue weighted by Crippen LogP contribution is 2.27. The van der Waals surface area contributed by atoms with E-state index in [1.807, 2.05) is 24.3 Å². The highest BCUT2D eigenvalue weighted by Gasteiger charge is 2.23. The number of halogens is 1. The number of rotatable bonds is 6. The summed E-state index contributed by atoms with van der Waals surface area (Å²) in [5.41, 5.74) is 0.993. The molecular formula is C23H22FNO4. The van der Waals surface area contributed by atoms with Gasteiger partial charge in [0.1, 0.15) is 17.1 Å². The second-order valence-corrected chi connectivity index (χ2v) is 6.73. The fraction of sp³-hybridized carbons (Fsp3) is 0.217. The average Bonchev–Trinajstić information content (AvgIpc) is 2.72. The maximum absolute atomic E-state index is 13.0. The van der Waals surface area contributed by atoms with Crippen molar-refractivity contribution in [2.75, 3.05) is 7.11 Å². The lowest BCUT2D eigenvalue weighted by Gasteiger charge is -2.19. The molecule has 1 amide bonds. The summed E-state index contributed by atoms with van der Waals surface area (Å²) in [5, 5.41) is 4.55. The maximum Gasteiger partial charge on any atom is 0.342 e. The van der Waals surface area contributed by atoms with Crippen LogP contribution >= 0.6 is 0 Å². The molecule has 2 atom stereocenters. The first-order valence-corrected chi connectivity index (χ1v) is 9.22. The van der Waals surface area contributed by atoms with Crippen LogP contribution in [0.25, 0.3) is 10.8 Å². The number of hydrogen-bond acceptors (Lipinski definition) is 4. The summed E-state index contributed by atoms with van der Waals surface area (Å²) in [6.07, 6.45) is -1.01. The van der Waals surface area contributed by atoms with Crippen molar-refractivity contribution in [1.82, 2.24) is 5.32 Å². The van der Waals surface area contributed by atoms with E-state index in [4.69, 9.17) is 9.47 Å². The van der Waals surface area contributed by atoms with Crippen LogP contribution < -0.4 is 10.1 Å². The largest absolute Gasteiger partial charge is 0.496 e. The van der Waals surface area contributed by atoms with Crippen LogP contribution in [-0.4, -0.2) is 25.1 Å². The van der Waals surface area contributed by atoms with E-state index < -0.39 is 18.0 Å². The molecule has 3 aromatic carbocycles. The van der Waals surface area contributed by atoms with E-state index in [-0.39, 0.29) is 17.4 Å². The van der Waals surface area contributed by atoms with Gasteiger partial charge in [0.15, 0.2) is 6.10 Å². The van der Waals surface area contributed by atoms with Crippen molar-refractivity contribution in [1.29, 1.82) is 0 Å². The van der Waals surface area contributed by atoms with Crippen molar-refractivity contribution in [2.24, 2.45) is 0 Å². The highest BCUT2D eigenvalue weighted by molar-refractivity contribution is 5.99. The first kappa shape index (κ1) is 20.3. The molecule has 29 heavy (non-hydrogen) atoms. The molecule has 0 aromatic heterocycles. The van der Waals surface area contributed by atoms with Crippen molar-refractivity contribution in [3.05, 3.63) is 77.6 Å². The van der Waals surface area contributed by atoms with Gasteiger partial charge in [-0.05, 0) is 54.4 Å². The van der Waals surface area contributed by atoms with Gasteiger partial charge in [0.25, 0.3) is 5.91 Å². The van der Waals surface area contributed by atoms with Crippen LogP contribution in [-0.2, 0) is 9.53 Å². The summed E-state index contributed by atoms with van der Waals surface area (Å²) in [6, 6.07) is 16.5. The van der Waals surface area contributed by atoms with Gasteiger partial charge < -0.3 is 14.8 Å². The number of hydrogen-bond donors (Lipinski definition) is 1. The lowest BCUT2D eigenvalue weighted by molar-refractivity contribution is -0.129. The van der Waals surface area contributed by atoms with E-state index in [0.29, 0.717) is 5.75 Å². The lowest BCUT2D eigenvalue weighted by Crippen LogP contribution is -2.37. The molecule has 0 bridgehead atoms. The number of fused-ring (bicyclic) bond motifs is 1. The summed E-state index contributed by atoms with van der Waals surface area (Å²) in [6.45, 7) is 3.27. The predicted octanol–water partition coefficient (Wildman–Crippen LogP) is 4.41. The van der Waals surface area contributed by atoms with Crippen molar-refractivity contribution in [3.63, 3.8) is 0 Å². The molecule has 0 unspecified atom stereocenters. The van der Waals surface area contributed by atoms with Crippen molar-refractivity contribution < 1.29 is 23.5 Å². The molecule has 0 heterocycles. The quantitative estimate of drug-likeness (QED) is 0.628. The van der Waals surface area contributed by atoms with Gasteiger partial charge in [-0.25, -0.2) is 9.18 Å². The molecule has 5 nitrogen and oxygen atoms in total. The molecule has 0 saturated carbocycles. The van der Waals surface area contributed by atoms with Gasteiger partial charge in [0.05, 0.1) is 13.2 Å². The fourth-order valence-corrected chi connectivity index (χ4v) is 2.99. The van der Waals surface area contributed by atoms with Crippen LogP contribution in [0.5, 0.6) is 5.75 Å². The van der Waals surface area contributed by atoms with Crippen LogP contribution in [0.15, 0.2) is 60.7 Å². The molecule has 3 aromatic rings. The Kier molecular flexibility index (Phi) is 6.12. The molecule has 0 saturated heterocycles. The molecule has 0 aliphatic rings. The zero-order valence-corrected chi connectivity index (χ0v) is 16.4. The Labute approximate surface area is 168 Å².